The number of rotatable bonds is 5. The molecule has 5 nitrogen and oxygen atoms in total. The number of aromatic nitrogens is 2. The number of nitrogens with one attached hydrogen (secondary N) is 3. The first-order valence-corrected chi connectivity index (χ1v) is 8.64. The lowest BCUT2D eigenvalue weighted by atomic mass is 10.1. The zero-order chi connectivity index (χ0) is 18.0. The number of nitrogens with zero attached hydrogens (tertiary/aromatic N) is 1. The molecule has 0 bridgehead atoms. The number of amides is 1. The second-order valence-electron chi connectivity index (χ2n) is 5.70. The van der Waals surface area contributed by atoms with E-state index in [1.807, 2.05) is 13.0 Å². The molecule has 2 aromatic heterocycles. The van der Waals surface area contributed by atoms with Gasteiger partial charge in [-0.15, -0.1) is 0 Å². The Kier molecular flexibility index (Phi) is 5.16. The number of benzene rings is 1. The predicted octanol–water partition coefficient (Wildman–Crippen LogP) is 4.19. The highest BCUT2D eigenvalue weighted by Gasteiger charge is 2.14. The van der Waals surface area contributed by atoms with E-state index in [0.29, 0.717) is 28.7 Å². The third kappa shape index (κ3) is 3.57. The normalized spacial score (nSPS) is 10.9. The number of aromatic amines is 1. The minimum atomic E-state index is -0.204. The van der Waals surface area contributed by atoms with Gasteiger partial charge in [0.2, 0.25) is 0 Å². The highest BCUT2D eigenvalue weighted by atomic mass is 35.5. The van der Waals surface area contributed by atoms with E-state index in [1.165, 1.54) is 0 Å². The van der Waals surface area contributed by atoms with E-state index in [0.717, 1.165) is 27.8 Å². The zero-order valence-corrected chi connectivity index (χ0v) is 15.4. The Labute approximate surface area is 155 Å². The molecule has 0 atom stereocenters. The van der Waals surface area contributed by atoms with Crippen LogP contribution in [0.2, 0.25) is 10.0 Å². The number of anilines is 1. The van der Waals surface area contributed by atoms with E-state index in [2.05, 4.69) is 20.6 Å². The molecule has 1 amide bonds. The van der Waals surface area contributed by atoms with Crippen molar-refractivity contribution in [2.75, 3.05) is 18.9 Å². The van der Waals surface area contributed by atoms with Crippen LogP contribution in [0.25, 0.3) is 10.9 Å². The summed E-state index contributed by atoms with van der Waals surface area (Å²) < 4.78 is 0. The molecule has 0 aliphatic rings. The summed E-state index contributed by atoms with van der Waals surface area (Å²) in [6, 6.07) is 7.06. The number of carbonyl (C=O) groups is 1. The molecule has 0 fully saturated rings. The fraction of sp³-hybridized carbons (Fsp3) is 0.222. The van der Waals surface area contributed by atoms with E-state index in [9.17, 15) is 4.79 Å². The monoisotopic (exact) mass is 376 g/mol. The van der Waals surface area contributed by atoms with E-state index in [4.69, 9.17) is 23.2 Å². The molecule has 0 aliphatic heterocycles. The van der Waals surface area contributed by atoms with Crippen LogP contribution in [0.5, 0.6) is 0 Å². The van der Waals surface area contributed by atoms with Crippen LogP contribution in [0, 0.1) is 6.92 Å². The fourth-order valence-corrected chi connectivity index (χ4v) is 3.28. The molecular formula is C18H18Cl2N4O. The van der Waals surface area contributed by atoms with Gasteiger partial charge < -0.3 is 15.6 Å². The summed E-state index contributed by atoms with van der Waals surface area (Å²) in [5.41, 5.74) is 4.13. The molecule has 0 saturated carbocycles. The number of fused-ring (bicyclic) bond motifs is 1. The van der Waals surface area contributed by atoms with Crippen LogP contribution < -0.4 is 10.6 Å². The maximum atomic E-state index is 12.2. The maximum absolute atomic E-state index is 12.2. The summed E-state index contributed by atoms with van der Waals surface area (Å²) in [6.07, 6.45) is 2.27. The van der Waals surface area contributed by atoms with Gasteiger partial charge in [-0.05, 0) is 43.2 Å². The van der Waals surface area contributed by atoms with Gasteiger partial charge in [-0.2, -0.15) is 0 Å². The standard InChI is InChI=1S/C18H18Cl2N4O/c1-10-12(16-13(19)4-5-14(20)17(16)24-10)7-8-22-18(25)15-6-3-11(21-2)9-23-15/h3-6,9,21,24H,7-8H2,1-2H3,(H,22,25). The van der Waals surface area contributed by atoms with Gasteiger partial charge >= 0.3 is 0 Å². The summed E-state index contributed by atoms with van der Waals surface area (Å²) >= 11 is 12.6. The lowest BCUT2D eigenvalue weighted by molar-refractivity contribution is 0.0949. The van der Waals surface area contributed by atoms with Crippen molar-refractivity contribution in [1.82, 2.24) is 15.3 Å². The van der Waals surface area contributed by atoms with Crippen molar-refractivity contribution >= 4 is 45.7 Å². The van der Waals surface area contributed by atoms with Crippen LogP contribution in [0.15, 0.2) is 30.5 Å². The summed E-state index contributed by atoms with van der Waals surface area (Å²) in [4.78, 5) is 19.6. The van der Waals surface area contributed by atoms with Crippen molar-refractivity contribution in [2.45, 2.75) is 13.3 Å². The molecule has 1 aromatic carbocycles. The molecule has 3 rings (SSSR count). The molecule has 7 heteroatoms. The Morgan fingerprint density at radius 1 is 1.20 bits per heavy atom. The van der Waals surface area contributed by atoms with E-state index < -0.39 is 0 Å². The van der Waals surface area contributed by atoms with Crippen LogP contribution in [0.4, 0.5) is 5.69 Å². The van der Waals surface area contributed by atoms with Crippen molar-refractivity contribution in [3.8, 4) is 0 Å². The van der Waals surface area contributed by atoms with Gasteiger partial charge in [0.1, 0.15) is 5.69 Å². The number of aryl methyl sites for hydroxylation is 1. The maximum Gasteiger partial charge on any atom is 0.269 e. The average Bonchev–Trinajstić information content (AvgIpc) is 2.96. The number of pyridine rings is 1. The molecule has 3 aromatic rings. The fourth-order valence-electron chi connectivity index (χ4n) is 2.80. The Morgan fingerprint density at radius 3 is 2.64 bits per heavy atom. The molecule has 130 valence electrons. The largest absolute Gasteiger partial charge is 0.387 e. The van der Waals surface area contributed by atoms with Crippen molar-refractivity contribution in [3.05, 3.63) is 57.5 Å². The first-order valence-electron chi connectivity index (χ1n) is 7.88. The van der Waals surface area contributed by atoms with Crippen LogP contribution in [-0.2, 0) is 6.42 Å². The number of hydrogen-bond donors (Lipinski definition) is 3. The highest BCUT2D eigenvalue weighted by molar-refractivity contribution is 6.40. The molecule has 25 heavy (non-hydrogen) atoms. The second-order valence-corrected chi connectivity index (χ2v) is 6.51. The van der Waals surface area contributed by atoms with Gasteiger partial charge in [0, 0.05) is 24.7 Å². The third-order valence-corrected chi connectivity index (χ3v) is 4.75. The SMILES string of the molecule is CNc1ccc(C(=O)NCCc2c(C)[nH]c3c(Cl)ccc(Cl)c23)nc1. The Hall–Kier alpha value is -2.24. The first kappa shape index (κ1) is 17.6. The molecule has 2 heterocycles. The average molecular weight is 377 g/mol. The first-order chi connectivity index (χ1) is 12.0. The quantitative estimate of drug-likeness (QED) is 0.624. The number of H-pyrrole nitrogens is 1. The summed E-state index contributed by atoms with van der Waals surface area (Å²) in [5, 5.41) is 8.05. The van der Waals surface area contributed by atoms with Crippen LogP contribution in [0.3, 0.4) is 0 Å². The summed E-state index contributed by atoms with van der Waals surface area (Å²) in [5.74, 6) is -0.204. The van der Waals surface area contributed by atoms with Gasteiger partial charge in [0.15, 0.2) is 0 Å². The minimum Gasteiger partial charge on any atom is -0.387 e. The van der Waals surface area contributed by atoms with E-state index >= 15 is 0 Å². The highest BCUT2D eigenvalue weighted by Crippen LogP contribution is 2.33. The Morgan fingerprint density at radius 2 is 1.96 bits per heavy atom. The van der Waals surface area contributed by atoms with Gasteiger partial charge in [0.05, 0.1) is 27.4 Å². The molecule has 0 aliphatic carbocycles. The van der Waals surface area contributed by atoms with Gasteiger partial charge in [-0.1, -0.05) is 23.2 Å². The Balaban J connectivity index is 1.71. The van der Waals surface area contributed by atoms with Crippen molar-refractivity contribution in [1.29, 1.82) is 0 Å². The lowest BCUT2D eigenvalue weighted by Gasteiger charge is -2.07. The van der Waals surface area contributed by atoms with Crippen molar-refractivity contribution in [3.63, 3.8) is 0 Å². The van der Waals surface area contributed by atoms with Gasteiger partial charge in [-0.3, -0.25) is 4.79 Å². The lowest BCUT2D eigenvalue weighted by Crippen LogP contribution is -2.26. The van der Waals surface area contributed by atoms with E-state index in [-0.39, 0.29) is 5.91 Å². The number of hydrogen-bond acceptors (Lipinski definition) is 3. The Bertz CT molecular complexity index is 919. The third-order valence-electron chi connectivity index (χ3n) is 4.12. The molecule has 0 radical (unpaired) electrons. The topological polar surface area (TPSA) is 69.8 Å². The zero-order valence-electron chi connectivity index (χ0n) is 13.9. The summed E-state index contributed by atoms with van der Waals surface area (Å²) in [7, 11) is 1.80. The van der Waals surface area contributed by atoms with E-state index in [1.54, 1.807) is 31.4 Å². The van der Waals surface area contributed by atoms with Crippen molar-refractivity contribution < 1.29 is 4.79 Å². The van der Waals surface area contributed by atoms with Crippen LogP contribution in [0.1, 0.15) is 21.7 Å². The van der Waals surface area contributed by atoms with Gasteiger partial charge in [-0.25, -0.2) is 4.98 Å². The molecule has 0 spiro atoms. The molecule has 3 N–H and O–H groups in total. The summed E-state index contributed by atoms with van der Waals surface area (Å²) in [6.45, 7) is 2.45. The minimum absolute atomic E-state index is 0.204. The van der Waals surface area contributed by atoms with Gasteiger partial charge in [0.25, 0.3) is 5.91 Å². The number of carbonyl (C=O) groups excluding carboxylic acids is 1. The predicted molar refractivity (Wildman–Crippen MR) is 103 cm³/mol. The molecule has 0 unspecified atom stereocenters. The van der Waals surface area contributed by atoms with Crippen molar-refractivity contribution in [2.24, 2.45) is 0 Å². The van der Waals surface area contributed by atoms with Crippen LogP contribution in [-0.4, -0.2) is 29.5 Å². The second kappa shape index (κ2) is 7.33. The smallest absolute Gasteiger partial charge is 0.269 e. The number of halogens is 2. The van der Waals surface area contributed by atoms with Crippen LogP contribution >= 0.6 is 23.2 Å². The molecule has 0 saturated heterocycles. The molecular weight excluding hydrogens is 359 g/mol.